The summed E-state index contributed by atoms with van der Waals surface area (Å²) in [6.45, 7) is 0.177. The Morgan fingerprint density at radius 3 is 1.90 bits per heavy atom. The lowest BCUT2D eigenvalue weighted by Crippen LogP contribution is -2.30. The first-order chi connectivity index (χ1) is 14.8. The summed E-state index contributed by atoms with van der Waals surface area (Å²) in [6.07, 6.45) is -0.0494. The average molecular weight is 446 g/mol. The Morgan fingerprint density at radius 2 is 1.32 bits per heavy atom. The van der Waals surface area contributed by atoms with Gasteiger partial charge < -0.3 is 10.1 Å². The fourth-order valence-electron chi connectivity index (χ4n) is 2.60. The molecule has 0 heterocycles. The fourth-order valence-corrected chi connectivity index (χ4v) is 3.63. The van der Waals surface area contributed by atoms with Crippen LogP contribution in [-0.4, -0.2) is 20.9 Å². The van der Waals surface area contributed by atoms with Gasteiger partial charge in [-0.25, -0.2) is 21.9 Å². The smallest absolute Gasteiger partial charge is 0.240 e. The quantitative estimate of drug-likeness (QED) is 0.525. The normalized spacial score (nSPS) is 11.2. The van der Waals surface area contributed by atoms with E-state index in [1.165, 1.54) is 24.3 Å². The molecule has 0 aliphatic heterocycles. The van der Waals surface area contributed by atoms with E-state index in [1.54, 1.807) is 24.3 Å². The molecule has 0 aliphatic rings. The highest BCUT2D eigenvalue weighted by Gasteiger charge is 2.14. The Labute approximate surface area is 178 Å². The molecular weight excluding hydrogens is 426 g/mol. The zero-order valence-electron chi connectivity index (χ0n) is 16.3. The number of rotatable bonds is 9. The molecule has 6 nitrogen and oxygen atoms in total. The van der Waals surface area contributed by atoms with E-state index in [4.69, 9.17) is 4.74 Å². The molecule has 2 N–H and O–H groups in total. The summed E-state index contributed by atoms with van der Waals surface area (Å²) < 4.78 is 57.9. The van der Waals surface area contributed by atoms with Crippen molar-refractivity contribution in [3.63, 3.8) is 0 Å². The topological polar surface area (TPSA) is 84.5 Å². The number of sulfonamides is 1. The molecule has 162 valence electrons. The van der Waals surface area contributed by atoms with E-state index in [9.17, 15) is 22.0 Å². The number of benzene rings is 3. The second-order valence-corrected chi connectivity index (χ2v) is 8.35. The van der Waals surface area contributed by atoms with Crippen molar-refractivity contribution in [1.82, 2.24) is 10.0 Å². The van der Waals surface area contributed by atoms with Crippen LogP contribution in [0.4, 0.5) is 8.78 Å². The highest BCUT2D eigenvalue weighted by Crippen LogP contribution is 2.21. The molecule has 0 unspecified atom stereocenters. The number of halogens is 2. The van der Waals surface area contributed by atoms with Gasteiger partial charge in [-0.3, -0.25) is 4.79 Å². The van der Waals surface area contributed by atoms with Crippen molar-refractivity contribution in [3.8, 4) is 11.5 Å². The van der Waals surface area contributed by atoms with Crippen LogP contribution in [0.5, 0.6) is 11.5 Å². The molecule has 0 bridgehead atoms. The highest BCUT2D eigenvalue weighted by molar-refractivity contribution is 7.89. The largest absolute Gasteiger partial charge is 0.457 e. The van der Waals surface area contributed by atoms with E-state index in [1.807, 2.05) is 0 Å². The van der Waals surface area contributed by atoms with Crippen LogP contribution in [0.3, 0.4) is 0 Å². The van der Waals surface area contributed by atoms with E-state index in [-0.39, 0.29) is 36.1 Å². The van der Waals surface area contributed by atoms with Gasteiger partial charge in [0.1, 0.15) is 23.1 Å². The molecule has 0 spiro atoms. The Balaban J connectivity index is 1.42. The second kappa shape index (κ2) is 10.1. The van der Waals surface area contributed by atoms with Gasteiger partial charge in [0.25, 0.3) is 0 Å². The monoisotopic (exact) mass is 446 g/mol. The Kier molecular flexibility index (Phi) is 7.32. The number of nitrogens with one attached hydrogen (secondary N) is 2. The molecule has 1 amide bonds. The van der Waals surface area contributed by atoms with Gasteiger partial charge in [0.05, 0.1) is 4.90 Å². The van der Waals surface area contributed by atoms with Crippen LogP contribution in [0.25, 0.3) is 0 Å². The third-order valence-electron chi connectivity index (χ3n) is 4.23. The molecular formula is C22H20F2N2O4S. The third-order valence-corrected chi connectivity index (χ3v) is 5.71. The summed E-state index contributed by atoms with van der Waals surface area (Å²) in [5, 5.41) is 2.70. The number of amides is 1. The van der Waals surface area contributed by atoms with Gasteiger partial charge in [0.15, 0.2) is 0 Å². The molecule has 0 aromatic heterocycles. The van der Waals surface area contributed by atoms with Crippen molar-refractivity contribution in [2.45, 2.75) is 17.9 Å². The van der Waals surface area contributed by atoms with Crippen LogP contribution in [-0.2, 0) is 21.4 Å². The molecule has 3 rings (SSSR count). The van der Waals surface area contributed by atoms with E-state index >= 15 is 0 Å². The van der Waals surface area contributed by atoms with E-state index < -0.39 is 15.8 Å². The molecule has 3 aromatic carbocycles. The highest BCUT2D eigenvalue weighted by atomic mass is 32.2. The Hall–Kier alpha value is -3.30. The summed E-state index contributed by atoms with van der Waals surface area (Å²) >= 11 is 0. The zero-order chi connectivity index (χ0) is 22.3. The first-order valence-corrected chi connectivity index (χ1v) is 10.8. The maximum Gasteiger partial charge on any atom is 0.240 e. The van der Waals surface area contributed by atoms with Gasteiger partial charge in [0, 0.05) is 19.5 Å². The van der Waals surface area contributed by atoms with E-state index in [0.717, 1.165) is 29.8 Å². The van der Waals surface area contributed by atoms with Crippen LogP contribution >= 0.6 is 0 Å². The lowest BCUT2D eigenvalue weighted by atomic mass is 10.2. The van der Waals surface area contributed by atoms with E-state index in [2.05, 4.69) is 10.0 Å². The van der Waals surface area contributed by atoms with Crippen molar-refractivity contribution < 1.29 is 26.7 Å². The molecule has 9 heteroatoms. The van der Waals surface area contributed by atoms with Crippen molar-refractivity contribution in [2.75, 3.05) is 6.54 Å². The standard InChI is InChI=1S/C22H20F2N2O4S/c23-17-3-9-20(10-4-17)30-19-7-1-16(2-8-19)15-25-22(27)13-14-26-31(28,29)21-11-5-18(24)6-12-21/h1-12,26H,13-15H2,(H,25,27). The summed E-state index contributed by atoms with van der Waals surface area (Å²) in [5.74, 6) is -0.133. The molecule has 3 aromatic rings. The minimum atomic E-state index is -3.80. The van der Waals surface area contributed by atoms with Crippen LogP contribution in [0, 0.1) is 11.6 Å². The van der Waals surface area contributed by atoms with Gasteiger partial charge in [0.2, 0.25) is 15.9 Å². The molecule has 0 atom stereocenters. The number of carbonyl (C=O) groups excluding carboxylic acids is 1. The Morgan fingerprint density at radius 1 is 0.806 bits per heavy atom. The van der Waals surface area contributed by atoms with Crippen LogP contribution < -0.4 is 14.8 Å². The maximum absolute atomic E-state index is 12.9. The van der Waals surface area contributed by atoms with Gasteiger partial charge in [-0.15, -0.1) is 0 Å². The van der Waals surface area contributed by atoms with Gasteiger partial charge >= 0.3 is 0 Å². The van der Waals surface area contributed by atoms with Crippen LogP contribution in [0.2, 0.25) is 0 Å². The van der Waals surface area contributed by atoms with Gasteiger partial charge in [-0.1, -0.05) is 12.1 Å². The minimum absolute atomic E-state index is 0.0494. The number of ether oxygens (including phenoxy) is 1. The second-order valence-electron chi connectivity index (χ2n) is 6.58. The molecule has 0 radical (unpaired) electrons. The van der Waals surface area contributed by atoms with Crippen molar-refractivity contribution in [2.24, 2.45) is 0 Å². The predicted molar refractivity (Wildman–Crippen MR) is 111 cm³/mol. The lowest BCUT2D eigenvalue weighted by Gasteiger charge is -2.09. The van der Waals surface area contributed by atoms with Gasteiger partial charge in [-0.05, 0) is 66.2 Å². The maximum atomic E-state index is 12.9. The summed E-state index contributed by atoms with van der Waals surface area (Å²) in [7, 11) is -3.80. The number of hydrogen-bond acceptors (Lipinski definition) is 4. The van der Waals surface area contributed by atoms with Crippen molar-refractivity contribution >= 4 is 15.9 Å². The molecule has 0 saturated carbocycles. The van der Waals surface area contributed by atoms with E-state index in [0.29, 0.717) is 11.5 Å². The minimum Gasteiger partial charge on any atom is -0.457 e. The number of hydrogen-bond donors (Lipinski definition) is 2. The average Bonchev–Trinajstić information content (AvgIpc) is 2.75. The molecule has 0 saturated heterocycles. The Bertz CT molecular complexity index is 1120. The molecule has 0 aliphatic carbocycles. The molecule has 31 heavy (non-hydrogen) atoms. The zero-order valence-corrected chi connectivity index (χ0v) is 17.2. The fraction of sp³-hybridized carbons (Fsp3) is 0.136. The predicted octanol–water partition coefficient (Wildman–Crippen LogP) is 3.74. The van der Waals surface area contributed by atoms with Gasteiger partial charge in [-0.2, -0.15) is 0 Å². The van der Waals surface area contributed by atoms with Crippen LogP contribution in [0.15, 0.2) is 77.7 Å². The van der Waals surface area contributed by atoms with Crippen molar-refractivity contribution in [3.05, 3.63) is 90.0 Å². The third kappa shape index (κ3) is 6.87. The molecule has 0 fully saturated rings. The van der Waals surface area contributed by atoms with Crippen molar-refractivity contribution in [1.29, 1.82) is 0 Å². The lowest BCUT2D eigenvalue weighted by molar-refractivity contribution is -0.121. The SMILES string of the molecule is O=C(CCNS(=O)(=O)c1ccc(F)cc1)NCc1ccc(Oc2ccc(F)cc2)cc1. The summed E-state index contributed by atoms with van der Waals surface area (Å²) in [4.78, 5) is 11.9. The number of carbonyl (C=O) groups is 1. The summed E-state index contributed by atoms with van der Waals surface area (Å²) in [5.41, 5.74) is 0.826. The van der Waals surface area contributed by atoms with Crippen LogP contribution in [0.1, 0.15) is 12.0 Å². The first kappa shape index (κ1) is 22.4. The first-order valence-electron chi connectivity index (χ1n) is 9.36. The summed E-state index contributed by atoms with van der Waals surface area (Å²) in [6, 6.07) is 17.1.